The number of nitrogens with zero attached hydrogens (tertiary/aromatic N) is 3. The van der Waals surface area contributed by atoms with Crippen molar-refractivity contribution in [1.29, 1.82) is 0 Å². The number of benzene rings is 1. The van der Waals surface area contributed by atoms with Gasteiger partial charge in [-0.1, -0.05) is 0 Å². The normalized spacial score (nSPS) is 16.0. The molecule has 0 bridgehead atoms. The Hall–Kier alpha value is -3.62. The summed E-state index contributed by atoms with van der Waals surface area (Å²) in [6.07, 6.45) is 1.62. The molecule has 0 N–H and O–H groups in total. The van der Waals surface area contributed by atoms with Gasteiger partial charge < -0.3 is 23.9 Å². The minimum Gasteiger partial charge on any atom is -0.482 e. The Kier molecular flexibility index (Phi) is 5.75. The van der Waals surface area contributed by atoms with Crippen LogP contribution in [0.3, 0.4) is 0 Å². The highest BCUT2D eigenvalue weighted by atomic mass is 16.5. The van der Waals surface area contributed by atoms with E-state index in [1.165, 1.54) is 11.2 Å². The highest BCUT2D eigenvalue weighted by Gasteiger charge is 2.27. The van der Waals surface area contributed by atoms with Gasteiger partial charge in [-0.25, -0.2) is 0 Å². The van der Waals surface area contributed by atoms with E-state index in [0.29, 0.717) is 43.2 Å². The molecule has 2 aromatic rings. The number of hydrogen-bond acceptors (Lipinski definition) is 6. The van der Waals surface area contributed by atoms with E-state index in [-0.39, 0.29) is 48.7 Å². The number of furan rings is 1. The fraction of sp³-hybridized carbons (Fsp3) is 0.364. The van der Waals surface area contributed by atoms with Crippen LogP contribution in [0.4, 0.5) is 5.69 Å². The van der Waals surface area contributed by atoms with E-state index in [1.54, 1.807) is 47.2 Å². The quantitative estimate of drug-likeness (QED) is 0.675. The number of likely N-dealkylation sites (N-methyl/N-ethyl adjacent to an activating group) is 1. The Morgan fingerprint density at radius 3 is 2.45 bits per heavy atom. The molecule has 0 unspecified atom stereocenters. The maximum Gasteiger partial charge on any atom is 0.289 e. The third kappa shape index (κ3) is 4.30. The minimum absolute atomic E-state index is 0.0222. The summed E-state index contributed by atoms with van der Waals surface area (Å²) in [5.74, 6) is 0.176. The molecule has 0 spiro atoms. The lowest BCUT2D eigenvalue weighted by molar-refractivity contribution is -0.132. The zero-order valence-electron chi connectivity index (χ0n) is 17.2. The number of Topliss-reactive ketones (excluding diaryl/α,β-unsaturated/α-hetero) is 1. The first-order valence-corrected chi connectivity index (χ1v) is 10.1. The molecule has 0 aliphatic carbocycles. The van der Waals surface area contributed by atoms with Gasteiger partial charge >= 0.3 is 0 Å². The van der Waals surface area contributed by atoms with Gasteiger partial charge in [0.05, 0.1) is 12.0 Å². The lowest BCUT2D eigenvalue weighted by atomic mass is 10.0. The summed E-state index contributed by atoms with van der Waals surface area (Å²) >= 11 is 0. The van der Waals surface area contributed by atoms with Crippen LogP contribution in [0.2, 0.25) is 0 Å². The number of ketones is 1. The van der Waals surface area contributed by atoms with E-state index in [9.17, 15) is 19.2 Å². The summed E-state index contributed by atoms with van der Waals surface area (Å²) < 4.78 is 10.5. The Morgan fingerprint density at radius 1 is 1.00 bits per heavy atom. The number of fused-ring (bicyclic) bond motifs is 1. The van der Waals surface area contributed by atoms with Crippen molar-refractivity contribution >= 4 is 29.2 Å². The SMILES string of the molecule is CN1C(=O)COc2ccc(C(=O)CCC(=O)N3CCN(C(=O)c4ccco4)CC3)cc21. The third-order valence-electron chi connectivity index (χ3n) is 5.58. The monoisotopic (exact) mass is 425 g/mol. The molecule has 1 aromatic heterocycles. The van der Waals surface area contributed by atoms with E-state index in [2.05, 4.69) is 0 Å². The fourth-order valence-corrected chi connectivity index (χ4v) is 3.68. The van der Waals surface area contributed by atoms with Crippen LogP contribution in [0, 0.1) is 0 Å². The van der Waals surface area contributed by atoms with E-state index >= 15 is 0 Å². The zero-order valence-corrected chi connectivity index (χ0v) is 17.2. The van der Waals surface area contributed by atoms with Gasteiger partial charge in [0.25, 0.3) is 11.8 Å². The van der Waals surface area contributed by atoms with Crippen LogP contribution >= 0.6 is 0 Å². The number of ether oxygens (including phenoxy) is 1. The van der Waals surface area contributed by atoms with Crippen LogP contribution in [0.25, 0.3) is 0 Å². The van der Waals surface area contributed by atoms with Gasteiger partial charge in [-0.15, -0.1) is 0 Å². The van der Waals surface area contributed by atoms with Crippen LogP contribution < -0.4 is 9.64 Å². The van der Waals surface area contributed by atoms with E-state index < -0.39 is 0 Å². The van der Waals surface area contributed by atoms with E-state index in [4.69, 9.17) is 9.15 Å². The Balaban J connectivity index is 1.29. The average Bonchev–Trinajstić information content (AvgIpc) is 3.34. The van der Waals surface area contributed by atoms with Crippen molar-refractivity contribution in [3.05, 3.63) is 47.9 Å². The molecule has 162 valence electrons. The molecule has 2 aliphatic rings. The van der Waals surface area contributed by atoms with Crippen molar-refractivity contribution in [2.24, 2.45) is 0 Å². The number of piperazine rings is 1. The average molecular weight is 425 g/mol. The smallest absolute Gasteiger partial charge is 0.289 e. The van der Waals surface area contributed by atoms with Crippen molar-refractivity contribution in [2.45, 2.75) is 12.8 Å². The number of carbonyl (C=O) groups is 4. The fourth-order valence-electron chi connectivity index (χ4n) is 3.68. The van der Waals surface area contributed by atoms with Crippen LogP contribution in [-0.2, 0) is 9.59 Å². The maximum atomic E-state index is 12.6. The largest absolute Gasteiger partial charge is 0.482 e. The molecular formula is C22H23N3O6. The van der Waals surface area contributed by atoms with Gasteiger partial charge in [-0.3, -0.25) is 19.2 Å². The first kappa shape index (κ1) is 20.6. The van der Waals surface area contributed by atoms with E-state index in [0.717, 1.165) is 0 Å². The van der Waals surface area contributed by atoms with Crippen molar-refractivity contribution in [2.75, 3.05) is 44.7 Å². The second-order valence-electron chi connectivity index (χ2n) is 7.50. The van der Waals surface area contributed by atoms with Gasteiger partial charge in [-0.05, 0) is 30.3 Å². The lowest BCUT2D eigenvalue weighted by Gasteiger charge is -2.34. The summed E-state index contributed by atoms with van der Waals surface area (Å²) in [6, 6.07) is 8.22. The van der Waals surface area contributed by atoms with Crippen molar-refractivity contribution in [1.82, 2.24) is 9.80 Å². The number of amides is 3. The van der Waals surface area contributed by atoms with Crippen LogP contribution in [0.1, 0.15) is 33.8 Å². The summed E-state index contributed by atoms with van der Waals surface area (Å²) in [4.78, 5) is 54.0. The van der Waals surface area contributed by atoms with Gasteiger partial charge in [0.15, 0.2) is 18.2 Å². The van der Waals surface area contributed by atoms with Crippen LogP contribution in [0.15, 0.2) is 41.0 Å². The summed E-state index contributed by atoms with van der Waals surface area (Å²) in [5.41, 5.74) is 0.983. The van der Waals surface area contributed by atoms with Crippen LogP contribution in [-0.4, -0.2) is 73.1 Å². The Morgan fingerprint density at radius 2 is 1.74 bits per heavy atom. The van der Waals surface area contributed by atoms with Crippen molar-refractivity contribution in [3.8, 4) is 5.75 Å². The molecule has 31 heavy (non-hydrogen) atoms. The molecule has 1 aromatic carbocycles. The standard InChI is InChI=1S/C22H23N3O6/c1-23-16-13-15(4-6-18(16)31-14-21(23)28)17(26)5-7-20(27)24-8-10-25(11-9-24)22(29)19-3-2-12-30-19/h2-4,6,12-13H,5,7-11,14H2,1H3. The minimum atomic E-state index is -0.188. The molecular weight excluding hydrogens is 402 g/mol. The molecule has 0 atom stereocenters. The Bertz CT molecular complexity index is 1010. The molecule has 3 amide bonds. The van der Waals surface area contributed by atoms with Crippen LogP contribution in [0.5, 0.6) is 5.75 Å². The summed E-state index contributed by atoms with van der Waals surface area (Å²) in [7, 11) is 1.64. The highest BCUT2D eigenvalue weighted by molar-refractivity contribution is 6.02. The molecule has 4 rings (SSSR count). The van der Waals surface area contributed by atoms with Gasteiger partial charge in [0.2, 0.25) is 5.91 Å². The molecule has 0 radical (unpaired) electrons. The second-order valence-corrected chi connectivity index (χ2v) is 7.50. The molecule has 3 heterocycles. The predicted molar refractivity (Wildman–Crippen MR) is 110 cm³/mol. The molecule has 1 fully saturated rings. The molecule has 9 heteroatoms. The number of hydrogen-bond donors (Lipinski definition) is 0. The zero-order chi connectivity index (χ0) is 22.0. The van der Waals surface area contributed by atoms with E-state index in [1.807, 2.05) is 0 Å². The molecule has 0 saturated carbocycles. The third-order valence-corrected chi connectivity index (χ3v) is 5.58. The molecule has 9 nitrogen and oxygen atoms in total. The second kappa shape index (κ2) is 8.63. The Labute approximate surface area is 179 Å². The van der Waals surface area contributed by atoms with Crippen molar-refractivity contribution in [3.63, 3.8) is 0 Å². The first-order chi connectivity index (χ1) is 14.9. The number of rotatable bonds is 5. The number of carbonyl (C=O) groups excluding carboxylic acids is 4. The first-order valence-electron chi connectivity index (χ1n) is 10.1. The highest BCUT2D eigenvalue weighted by Crippen LogP contribution is 2.32. The predicted octanol–water partition coefficient (Wildman–Crippen LogP) is 1.58. The molecule has 1 saturated heterocycles. The lowest BCUT2D eigenvalue weighted by Crippen LogP contribution is -2.50. The van der Waals surface area contributed by atoms with Gasteiger partial charge in [-0.2, -0.15) is 0 Å². The number of anilines is 1. The van der Waals surface area contributed by atoms with Crippen molar-refractivity contribution < 1.29 is 28.3 Å². The summed E-state index contributed by atoms with van der Waals surface area (Å²) in [6.45, 7) is 1.66. The van der Waals surface area contributed by atoms with Gasteiger partial charge in [0.1, 0.15) is 5.75 Å². The van der Waals surface area contributed by atoms with Gasteiger partial charge in [0, 0.05) is 51.6 Å². The maximum absolute atomic E-state index is 12.6. The molecule has 2 aliphatic heterocycles. The summed E-state index contributed by atoms with van der Waals surface area (Å²) in [5, 5.41) is 0. The topological polar surface area (TPSA) is 100 Å².